The van der Waals surface area contributed by atoms with Crippen molar-refractivity contribution in [1.82, 2.24) is 20.2 Å². The predicted octanol–water partition coefficient (Wildman–Crippen LogP) is -0.637. The fraction of sp³-hybridized carbons (Fsp3) is 0.250. The first kappa shape index (κ1) is 10.3. The average Bonchev–Trinajstić information content (AvgIpc) is 2.89. The first-order valence-corrected chi connectivity index (χ1v) is 4.57. The second kappa shape index (κ2) is 4.53. The summed E-state index contributed by atoms with van der Waals surface area (Å²) in [4.78, 5) is 11.5. The minimum absolute atomic E-state index is 0.0554. The first-order valence-electron chi connectivity index (χ1n) is 4.57. The van der Waals surface area contributed by atoms with Gasteiger partial charge in [0.1, 0.15) is 12.8 Å². The van der Waals surface area contributed by atoms with E-state index in [1.54, 1.807) is 12.3 Å². The first-order chi connectivity index (χ1) is 7.78. The number of hydrogen-bond acceptors (Lipinski definition) is 6. The van der Waals surface area contributed by atoms with Gasteiger partial charge in [-0.15, -0.1) is 5.10 Å². The molecule has 0 aliphatic rings. The molecule has 8 heteroatoms. The van der Waals surface area contributed by atoms with Gasteiger partial charge in [-0.1, -0.05) is 10.4 Å². The van der Waals surface area contributed by atoms with Gasteiger partial charge >= 0.3 is 0 Å². The van der Waals surface area contributed by atoms with E-state index in [-0.39, 0.29) is 12.5 Å². The number of nitrogens with zero attached hydrogens (tertiary/aromatic N) is 4. The predicted molar refractivity (Wildman–Crippen MR) is 53.0 cm³/mol. The van der Waals surface area contributed by atoms with Gasteiger partial charge in [-0.3, -0.25) is 4.79 Å². The van der Waals surface area contributed by atoms with E-state index in [1.165, 1.54) is 10.9 Å². The zero-order valence-electron chi connectivity index (χ0n) is 8.33. The third-order valence-electron chi connectivity index (χ3n) is 1.81. The highest BCUT2D eigenvalue weighted by Crippen LogP contribution is 2.01. The second-order valence-corrected chi connectivity index (χ2v) is 3.04. The summed E-state index contributed by atoms with van der Waals surface area (Å²) >= 11 is 0. The highest BCUT2D eigenvalue weighted by atomic mass is 16.5. The van der Waals surface area contributed by atoms with Crippen molar-refractivity contribution < 1.29 is 9.32 Å². The standard InChI is InChI=1S/C8H10N6O2/c9-3-6-4-14(13-11-6)5-8(15)10-7-1-2-16-12-7/h1-2,4H,3,5,9H2,(H,10,12,15). The lowest BCUT2D eigenvalue weighted by Crippen LogP contribution is -2.19. The number of hydrogen-bond donors (Lipinski definition) is 2. The van der Waals surface area contributed by atoms with Gasteiger partial charge in [0.05, 0.1) is 11.9 Å². The van der Waals surface area contributed by atoms with Crippen LogP contribution in [0.25, 0.3) is 0 Å². The van der Waals surface area contributed by atoms with E-state index < -0.39 is 0 Å². The van der Waals surface area contributed by atoms with Crippen LogP contribution in [0.2, 0.25) is 0 Å². The molecule has 1 amide bonds. The van der Waals surface area contributed by atoms with Crippen LogP contribution in [0.15, 0.2) is 23.0 Å². The number of carbonyl (C=O) groups is 1. The topological polar surface area (TPSA) is 112 Å². The fourth-order valence-corrected chi connectivity index (χ4v) is 1.12. The van der Waals surface area contributed by atoms with E-state index in [1.807, 2.05) is 0 Å². The van der Waals surface area contributed by atoms with E-state index in [9.17, 15) is 4.79 Å². The Kier molecular flexibility index (Phi) is 2.92. The molecule has 0 atom stereocenters. The molecule has 2 aromatic heterocycles. The van der Waals surface area contributed by atoms with E-state index in [4.69, 9.17) is 5.73 Å². The van der Waals surface area contributed by atoms with E-state index >= 15 is 0 Å². The van der Waals surface area contributed by atoms with Crippen molar-refractivity contribution >= 4 is 11.7 Å². The minimum Gasteiger partial charge on any atom is -0.363 e. The minimum atomic E-state index is -0.262. The lowest BCUT2D eigenvalue weighted by atomic mass is 10.5. The Morgan fingerprint density at radius 3 is 3.12 bits per heavy atom. The summed E-state index contributed by atoms with van der Waals surface area (Å²) in [6.45, 7) is 0.352. The van der Waals surface area contributed by atoms with Gasteiger partial charge in [0.25, 0.3) is 0 Å². The van der Waals surface area contributed by atoms with E-state index in [0.717, 1.165) is 0 Å². The number of carbonyl (C=O) groups excluding carboxylic acids is 1. The Morgan fingerprint density at radius 1 is 1.62 bits per heavy atom. The molecule has 3 N–H and O–H groups in total. The van der Waals surface area contributed by atoms with Gasteiger partial charge < -0.3 is 15.6 Å². The van der Waals surface area contributed by atoms with E-state index in [2.05, 4.69) is 25.3 Å². The van der Waals surface area contributed by atoms with Crippen molar-refractivity contribution in [2.45, 2.75) is 13.1 Å². The molecule has 84 valence electrons. The summed E-state index contributed by atoms with van der Waals surface area (Å²) in [6.07, 6.45) is 2.99. The molecule has 16 heavy (non-hydrogen) atoms. The largest absolute Gasteiger partial charge is 0.363 e. The summed E-state index contributed by atoms with van der Waals surface area (Å²) in [5.74, 6) is 0.103. The van der Waals surface area contributed by atoms with Gasteiger partial charge in [0.15, 0.2) is 5.82 Å². The van der Waals surface area contributed by atoms with Crippen LogP contribution in [0.5, 0.6) is 0 Å². The lowest BCUT2D eigenvalue weighted by molar-refractivity contribution is -0.117. The van der Waals surface area contributed by atoms with Crippen LogP contribution < -0.4 is 11.1 Å². The van der Waals surface area contributed by atoms with Gasteiger partial charge in [0, 0.05) is 12.6 Å². The number of anilines is 1. The van der Waals surface area contributed by atoms with Crippen LogP contribution in [-0.2, 0) is 17.9 Å². The second-order valence-electron chi connectivity index (χ2n) is 3.04. The maximum atomic E-state index is 11.5. The Balaban J connectivity index is 1.92. The van der Waals surface area contributed by atoms with Gasteiger partial charge in [-0.25, -0.2) is 4.68 Å². The Labute approximate surface area is 90.4 Å². The monoisotopic (exact) mass is 222 g/mol. The Bertz CT molecular complexity index is 463. The van der Waals surface area contributed by atoms with Crippen molar-refractivity contribution in [3.05, 3.63) is 24.2 Å². The normalized spacial score (nSPS) is 10.3. The molecule has 0 bridgehead atoms. The number of rotatable bonds is 4. The smallest absolute Gasteiger partial charge is 0.247 e. The molecule has 2 rings (SSSR count). The summed E-state index contributed by atoms with van der Waals surface area (Å²) in [5.41, 5.74) is 6.00. The Hall–Kier alpha value is -2.22. The van der Waals surface area contributed by atoms with Crippen LogP contribution in [-0.4, -0.2) is 26.1 Å². The average molecular weight is 222 g/mol. The van der Waals surface area contributed by atoms with Crippen molar-refractivity contribution in [2.24, 2.45) is 5.73 Å². The number of nitrogens with one attached hydrogen (secondary N) is 1. The summed E-state index contributed by atoms with van der Waals surface area (Å²) in [5, 5.41) is 13.6. The van der Waals surface area contributed by atoms with Crippen molar-refractivity contribution in [3.63, 3.8) is 0 Å². The zero-order chi connectivity index (χ0) is 11.4. The highest BCUT2D eigenvalue weighted by Gasteiger charge is 2.07. The SMILES string of the molecule is NCc1cn(CC(=O)Nc2ccon2)nn1. The van der Waals surface area contributed by atoms with Crippen LogP contribution in [0.1, 0.15) is 5.69 Å². The van der Waals surface area contributed by atoms with Crippen LogP contribution in [0.3, 0.4) is 0 Å². The molecule has 8 nitrogen and oxygen atoms in total. The molecule has 0 aromatic carbocycles. The van der Waals surface area contributed by atoms with Gasteiger partial charge in [-0.05, 0) is 0 Å². The molecule has 0 aliphatic carbocycles. The van der Waals surface area contributed by atoms with Gasteiger partial charge in [0.2, 0.25) is 5.91 Å². The van der Waals surface area contributed by atoms with Gasteiger partial charge in [-0.2, -0.15) is 0 Å². The third kappa shape index (κ3) is 2.42. The van der Waals surface area contributed by atoms with Crippen molar-refractivity contribution in [3.8, 4) is 0 Å². The molecule has 2 aromatic rings. The maximum Gasteiger partial charge on any atom is 0.247 e. The zero-order valence-corrected chi connectivity index (χ0v) is 8.33. The lowest BCUT2D eigenvalue weighted by Gasteiger charge is -1.99. The molecule has 0 saturated heterocycles. The van der Waals surface area contributed by atoms with Crippen LogP contribution in [0.4, 0.5) is 5.82 Å². The summed E-state index contributed by atoms with van der Waals surface area (Å²) in [7, 11) is 0. The fourth-order valence-electron chi connectivity index (χ4n) is 1.12. The third-order valence-corrected chi connectivity index (χ3v) is 1.81. The molecular weight excluding hydrogens is 212 g/mol. The van der Waals surface area contributed by atoms with Crippen molar-refractivity contribution in [2.75, 3.05) is 5.32 Å². The molecule has 0 radical (unpaired) electrons. The molecule has 0 aliphatic heterocycles. The van der Waals surface area contributed by atoms with Crippen LogP contribution >= 0.6 is 0 Å². The van der Waals surface area contributed by atoms with E-state index in [0.29, 0.717) is 18.1 Å². The Morgan fingerprint density at radius 2 is 2.50 bits per heavy atom. The molecule has 0 spiro atoms. The summed E-state index contributed by atoms with van der Waals surface area (Å²) in [6, 6.07) is 1.55. The quantitative estimate of drug-likeness (QED) is 0.711. The summed E-state index contributed by atoms with van der Waals surface area (Å²) < 4.78 is 5.97. The molecular formula is C8H10N6O2. The molecule has 2 heterocycles. The molecule has 0 fully saturated rings. The van der Waals surface area contributed by atoms with Crippen molar-refractivity contribution in [1.29, 1.82) is 0 Å². The maximum absolute atomic E-state index is 11.5. The molecule has 0 saturated carbocycles. The number of amides is 1. The molecule has 0 unspecified atom stereocenters. The number of nitrogens with two attached hydrogens (primary N) is 1. The highest BCUT2D eigenvalue weighted by molar-refractivity contribution is 5.89. The van der Waals surface area contributed by atoms with Crippen LogP contribution in [0, 0.1) is 0 Å². The number of aromatic nitrogens is 4.